The maximum Gasteiger partial charge on any atom is 0.292 e. The number of benzene rings is 2. The summed E-state index contributed by atoms with van der Waals surface area (Å²) >= 11 is 0. The van der Waals surface area contributed by atoms with Gasteiger partial charge < -0.3 is 25.5 Å². The molecule has 38 heavy (non-hydrogen) atoms. The first kappa shape index (κ1) is 24.7. The monoisotopic (exact) mass is 511 g/mol. The van der Waals surface area contributed by atoms with Gasteiger partial charge in [-0.3, -0.25) is 9.59 Å². The van der Waals surface area contributed by atoms with Crippen LogP contribution in [0.1, 0.15) is 32.9 Å². The number of aromatic hydroxyl groups is 1. The van der Waals surface area contributed by atoms with Crippen molar-refractivity contribution in [1.82, 2.24) is 15.6 Å². The third-order valence-corrected chi connectivity index (χ3v) is 6.18. The van der Waals surface area contributed by atoms with Gasteiger partial charge in [-0.1, -0.05) is 12.1 Å². The highest BCUT2D eigenvalue weighted by Crippen LogP contribution is 2.36. The molecule has 10 heteroatoms. The molecule has 190 valence electrons. The van der Waals surface area contributed by atoms with E-state index in [2.05, 4.69) is 27.0 Å². The number of halogens is 1. The van der Waals surface area contributed by atoms with E-state index in [0.29, 0.717) is 23.2 Å². The van der Waals surface area contributed by atoms with Crippen LogP contribution in [0.5, 0.6) is 5.75 Å². The quantitative estimate of drug-likeness (QED) is 0.306. The number of carbonyl (C=O) groups is 2. The van der Waals surface area contributed by atoms with Gasteiger partial charge in [-0.15, -0.1) is 0 Å². The molecule has 2 amide bonds. The molecule has 2 aromatic heterocycles. The first-order valence-electron chi connectivity index (χ1n) is 11.8. The second-order valence-corrected chi connectivity index (χ2v) is 8.73. The Bertz CT molecular complexity index is 1560. The number of phenolic OH excluding ortho intramolecular Hbond substituents is 1. The van der Waals surface area contributed by atoms with Crippen molar-refractivity contribution >= 4 is 17.6 Å². The smallest absolute Gasteiger partial charge is 0.292 e. The summed E-state index contributed by atoms with van der Waals surface area (Å²) in [6.45, 7) is 1.52. The number of hydrogen-bond donors (Lipinski definition) is 4. The van der Waals surface area contributed by atoms with Crippen molar-refractivity contribution in [1.29, 1.82) is 5.26 Å². The lowest BCUT2D eigenvalue weighted by Crippen LogP contribution is -2.36. The van der Waals surface area contributed by atoms with E-state index in [0.717, 1.165) is 19.0 Å². The first-order chi connectivity index (χ1) is 18.4. The van der Waals surface area contributed by atoms with Gasteiger partial charge in [0.15, 0.2) is 11.6 Å². The zero-order chi connectivity index (χ0) is 26.6. The lowest BCUT2D eigenvalue weighted by atomic mass is 9.96. The third kappa shape index (κ3) is 5.09. The van der Waals surface area contributed by atoms with Crippen LogP contribution in [-0.4, -0.2) is 41.0 Å². The van der Waals surface area contributed by atoms with Crippen LogP contribution in [-0.2, 0) is 0 Å². The highest BCUT2D eigenvalue weighted by atomic mass is 19.1. The number of pyridine rings is 1. The van der Waals surface area contributed by atoms with Crippen LogP contribution >= 0.6 is 0 Å². The minimum Gasteiger partial charge on any atom is -0.507 e. The Hall–Kier alpha value is -5.01. The third-order valence-electron chi connectivity index (χ3n) is 6.18. The summed E-state index contributed by atoms with van der Waals surface area (Å²) in [5, 5.41) is 29.3. The van der Waals surface area contributed by atoms with Gasteiger partial charge in [-0.25, -0.2) is 9.37 Å². The number of anilines is 1. The van der Waals surface area contributed by atoms with Crippen LogP contribution in [0.4, 0.5) is 10.2 Å². The summed E-state index contributed by atoms with van der Waals surface area (Å²) in [5.41, 5.74) is 1.66. The van der Waals surface area contributed by atoms with E-state index in [1.165, 1.54) is 24.5 Å². The van der Waals surface area contributed by atoms with E-state index in [-0.39, 0.29) is 46.1 Å². The molecule has 4 N–H and O–H groups in total. The summed E-state index contributed by atoms with van der Waals surface area (Å²) in [6.07, 6.45) is 2.17. The van der Waals surface area contributed by atoms with Crippen molar-refractivity contribution in [2.45, 2.75) is 12.5 Å². The van der Waals surface area contributed by atoms with Crippen LogP contribution in [0.15, 0.2) is 71.3 Å². The van der Waals surface area contributed by atoms with E-state index >= 15 is 0 Å². The molecule has 0 saturated carbocycles. The molecular formula is C28H22FN5O4. The van der Waals surface area contributed by atoms with Crippen LogP contribution in [0, 0.1) is 17.1 Å². The summed E-state index contributed by atoms with van der Waals surface area (Å²) < 4.78 is 18.8. The normalized spacial score (nSPS) is 14.6. The molecule has 0 spiro atoms. The molecule has 1 atom stereocenters. The Morgan fingerprint density at radius 1 is 1.11 bits per heavy atom. The molecule has 0 radical (unpaired) electrons. The fraction of sp³-hybridized carbons (Fsp3) is 0.143. The molecule has 5 rings (SSSR count). The Balaban J connectivity index is 1.61. The van der Waals surface area contributed by atoms with E-state index in [9.17, 15) is 24.3 Å². The average Bonchev–Trinajstić information content (AvgIpc) is 3.63. The van der Waals surface area contributed by atoms with Gasteiger partial charge in [0.1, 0.15) is 23.2 Å². The predicted molar refractivity (Wildman–Crippen MR) is 137 cm³/mol. The average molecular weight is 512 g/mol. The molecule has 0 bridgehead atoms. The van der Waals surface area contributed by atoms with E-state index in [4.69, 9.17) is 4.42 Å². The van der Waals surface area contributed by atoms with Crippen LogP contribution in [0.2, 0.25) is 0 Å². The van der Waals surface area contributed by atoms with Gasteiger partial charge >= 0.3 is 0 Å². The molecule has 4 aromatic rings. The predicted octanol–water partition coefficient (Wildman–Crippen LogP) is 4.07. The number of rotatable bonds is 6. The molecule has 9 nitrogen and oxygen atoms in total. The Labute approximate surface area is 216 Å². The fourth-order valence-electron chi connectivity index (χ4n) is 4.29. The van der Waals surface area contributed by atoms with Gasteiger partial charge in [0.2, 0.25) is 0 Å². The number of furan rings is 1. The molecule has 2 aromatic carbocycles. The summed E-state index contributed by atoms with van der Waals surface area (Å²) in [4.78, 5) is 30.0. The van der Waals surface area contributed by atoms with Gasteiger partial charge in [0.25, 0.3) is 11.8 Å². The van der Waals surface area contributed by atoms with Crippen molar-refractivity contribution in [2.75, 3.05) is 18.4 Å². The summed E-state index contributed by atoms with van der Waals surface area (Å²) in [7, 11) is 0. The Morgan fingerprint density at radius 3 is 2.68 bits per heavy atom. The number of phenols is 1. The van der Waals surface area contributed by atoms with Crippen LogP contribution in [0.25, 0.3) is 22.4 Å². The van der Waals surface area contributed by atoms with Crippen molar-refractivity contribution in [3.05, 3.63) is 89.6 Å². The van der Waals surface area contributed by atoms with E-state index in [1.807, 2.05) is 0 Å². The Kier molecular flexibility index (Phi) is 6.84. The van der Waals surface area contributed by atoms with E-state index in [1.54, 1.807) is 36.4 Å². The van der Waals surface area contributed by atoms with Crippen molar-refractivity contribution < 1.29 is 23.5 Å². The number of hydrogen-bond acceptors (Lipinski definition) is 7. The summed E-state index contributed by atoms with van der Waals surface area (Å²) in [5.74, 6) is -1.97. The van der Waals surface area contributed by atoms with Crippen molar-refractivity contribution in [3.63, 3.8) is 0 Å². The molecule has 1 aliphatic rings. The van der Waals surface area contributed by atoms with Crippen molar-refractivity contribution in [2.24, 2.45) is 0 Å². The minimum atomic E-state index is -0.636. The van der Waals surface area contributed by atoms with Gasteiger partial charge in [-0.05, 0) is 61.0 Å². The zero-order valence-corrected chi connectivity index (χ0v) is 20.0. The maximum absolute atomic E-state index is 13.7. The van der Waals surface area contributed by atoms with Crippen LogP contribution < -0.4 is 16.0 Å². The fourth-order valence-corrected chi connectivity index (χ4v) is 4.29. The number of aromatic nitrogens is 1. The molecular weight excluding hydrogens is 489 g/mol. The number of nitrogens with one attached hydrogen (secondary N) is 3. The van der Waals surface area contributed by atoms with Gasteiger partial charge in [0.05, 0.1) is 12.0 Å². The lowest BCUT2D eigenvalue weighted by Gasteiger charge is -2.15. The highest BCUT2D eigenvalue weighted by molar-refractivity contribution is 6.03. The topological polar surface area (TPSA) is 140 Å². The van der Waals surface area contributed by atoms with Gasteiger partial charge in [0, 0.05) is 35.3 Å². The summed E-state index contributed by atoms with van der Waals surface area (Å²) in [6, 6.07) is 16.8. The second-order valence-electron chi connectivity index (χ2n) is 8.73. The van der Waals surface area contributed by atoms with E-state index < -0.39 is 11.7 Å². The SMILES string of the molecule is N#Cc1c(-c2cccc(C(=O)NC3CCNC3)c2)cc(-c2ccc(F)cc2O)nc1NC(=O)c1ccco1. The minimum absolute atomic E-state index is 0.00680. The Morgan fingerprint density at radius 2 is 1.97 bits per heavy atom. The maximum atomic E-state index is 13.7. The second kappa shape index (κ2) is 10.5. The van der Waals surface area contributed by atoms with Gasteiger partial charge in [-0.2, -0.15) is 5.26 Å². The number of amides is 2. The molecule has 1 saturated heterocycles. The zero-order valence-electron chi connectivity index (χ0n) is 20.0. The molecule has 3 heterocycles. The highest BCUT2D eigenvalue weighted by Gasteiger charge is 2.22. The number of carbonyl (C=O) groups excluding carboxylic acids is 2. The number of nitriles is 1. The standard InChI is InChI=1S/C28H22FN5O4/c29-18-6-7-20(24(35)12-18)23-13-21(22(14-30)26(33-23)34-28(37)25-5-2-10-38-25)16-3-1-4-17(11-16)27(36)32-19-8-9-31-15-19/h1-7,10-13,19,31,35H,8-9,15H2,(H,32,36)(H,33,34,37). The molecule has 1 fully saturated rings. The van der Waals surface area contributed by atoms with Crippen molar-refractivity contribution in [3.8, 4) is 34.2 Å². The molecule has 0 aliphatic carbocycles. The molecule has 1 aliphatic heterocycles. The molecule has 1 unspecified atom stereocenters. The lowest BCUT2D eigenvalue weighted by molar-refractivity contribution is 0.0939. The number of nitrogens with zero attached hydrogens (tertiary/aromatic N) is 2. The largest absolute Gasteiger partial charge is 0.507 e. The first-order valence-corrected chi connectivity index (χ1v) is 11.8. The van der Waals surface area contributed by atoms with Crippen LogP contribution in [0.3, 0.4) is 0 Å².